The van der Waals surface area contributed by atoms with Crippen molar-refractivity contribution in [3.8, 4) is 5.75 Å². The van der Waals surface area contributed by atoms with Crippen molar-refractivity contribution in [2.75, 3.05) is 6.61 Å². The summed E-state index contributed by atoms with van der Waals surface area (Å²) in [6.07, 6.45) is -6.20. The van der Waals surface area contributed by atoms with Crippen molar-refractivity contribution in [1.82, 2.24) is 5.43 Å². The van der Waals surface area contributed by atoms with E-state index in [0.717, 1.165) is 6.21 Å². The zero-order chi connectivity index (χ0) is 16.7. The fraction of sp³-hybridized carbons (Fsp3) is 0.385. The molecular formula is C13H18N2O7. The van der Waals surface area contributed by atoms with Crippen LogP contribution in [-0.2, 0) is 0 Å². The van der Waals surface area contributed by atoms with E-state index in [-0.39, 0.29) is 11.3 Å². The predicted molar refractivity (Wildman–Crippen MR) is 75.2 cm³/mol. The molecular weight excluding hydrogens is 296 g/mol. The summed E-state index contributed by atoms with van der Waals surface area (Å²) in [6, 6.07) is 5.73. The third-order valence-electron chi connectivity index (χ3n) is 2.82. The van der Waals surface area contributed by atoms with Gasteiger partial charge in [-0.2, -0.15) is 5.10 Å². The van der Waals surface area contributed by atoms with Gasteiger partial charge in [0.2, 0.25) is 0 Å². The number of para-hydroxylation sites is 1. The number of aliphatic hydroxyl groups is 5. The van der Waals surface area contributed by atoms with Crippen LogP contribution in [0.15, 0.2) is 29.4 Å². The van der Waals surface area contributed by atoms with Crippen molar-refractivity contribution in [1.29, 1.82) is 0 Å². The van der Waals surface area contributed by atoms with Gasteiger partial charge in [0.15, 0.2) is 0 Å². The molecule has 0 aliphatic rings. The molecule has 1 aromatic carbocycles. The molecule has 0 fully saturated rings. The summed E-state index contributed by atoms with van der Waals surface area (Å²) in [4.78, 5) is 11.7. The zero-order valence-corrected chi connectivity index (χ0v) is 11.4. The van der Waals surface area contributed by atoms with Gasteiger partial charge in [0.25, 0.3) is 5.91 Å². The van der Waals surface area contributed by atoms with Crippen molar-refractivity contribution in [2.45, 2.75) is 24.4 Å². The minimum atomic E-state index is -1.81. The summed E-state index contributed by atoms with van der Waals surface area (Å²) in [5.41, 5.74) is 1.98. The minimum Gasteiger partial charge on any atom is -0.507 e. The van der Waals surface area contributed by atoms with Crippen LogP contribution < -0.4 is 5.43 Å². The van der Waals surface area contributed by atoms with Crippen molar-refractivity contribution in [2.24, 2.45) is 5.10 Å². The molecule has 4 atom stereocenters. The number of carbonyl (C=O) groups excluding carboxylic acids is 1. The number of benzene rings is 1. The maximum atomic E-state index is 11.7. The standard InChI is InChI=1S/C13H18N2O7/c16-6-10(19)12(21)11(20)9(18)5-14-15-13(22)7-3-1-2-4-8(7)17/h1-5,9-12,16-21H,6H2,(H,15,22)/t9-,10+,11+,12-/m0/s1. The Morgan fingerprint density at radius 3 is 2.41 bits per heavy atom. The first-order valence-corrected chi connectivity index (χ1v) is 6.33. The lowest BCUT2D eigenvalue weighted by Crippen LogP contribution is -2.46. The summed E-state index contributed by atoms with van der Waals surface area (Å²) >= 11 is 0. The third kappa shape index (κ3) is 4.76. The van der Waals surface area contributed by atoms with Crippen molar-refractivity contribution < 1.29 is 35.4 Å². The van der Waals surface area contributed by atoms with E-state index in [2.05, 4.69) is 5.10 Å². The van der Waals surface area contributed by atoms with Gasteiger partial charge in [0, 0.05) is 0 Å². The first-order valence-electron chi connectivity index (χ1n) is 6.33. The summed E-state index contributed by atoms with van der Waals surface area (Å²) in [5, 5.41) is 59.0. The summed E-state index contributed by atoms with van der Waals surface area (Å²) in [5.74, 6) is -0.996. The molecule has 0 saturated heterocycles. The molecule has 1 rings (SSSR count). The van der Waals surface area contributed by atoms with Crippen LogP contribution in [0.3, 0.4) is 0 Å². The molecule has 0 spiro atoms. The number of nitrogens with zero attached hydrogens (tertiary/aromatic N) is 1. The highest BCUT2D eigenvalue weighted by atomic mass is 16.4. The average molecular weight is 314 g/mol. The van der Waals surface area contributed by atoms with E-state index in [1.165, 1.54) is 24.3 Å². The highest BCUT2D eigenvalue weighted by Gasteiger charge is 2.29. The number of nitrogens with one attached hydrogen (secondary N) is 1. The largest absolute Gasteiger partial charge is 0.507 e. The maximum absolute atomic E-state index is 11.7. The van der Waals surface area contributed by atoms with E-state index in [4.69, 9.17) is 10.2 Å². The molecule has 0 aliphatic heterocycles. The molecule has 0 radical (unpaired) electrons. The van der Waals surface area contributed by atoms with Crippen molar-refractivity contribution >= 4 is 12.1 Å². The molecule has 0 unspecified atom stereocenters. The van der Waals surface area contributed by atoms with Gasteiger partial charge >= 0.3 is 0 Å². The van der Waals surface area contributed by atoms with E-state index in [1.54, 1.807) is 0 Å². The van der Waals surface area contributed by atoms with E-state index in [9.17, 15) is 25.2 Å². The lowest BCUT2D eigenvalue weighted by molar-refractivity contribution is -0.0999. The summed E-state index contributed by atoms with van der Waals surface area (Å²) in [7, 11) is 0. The van der Waals surface area contributed by atoms with Gasteiger partial charge in [-0.3, -0.25) is 4.79 Å². The van der Waals surface area contributed by atoms with Crippen LogP contribution >= 0.6 is 0 Å². The van der Waals surface area contributed by atoms with E-state index >= 15 is 0 Å². The van der Waals surface area contributed by atoms with E-state index < -0.39 is 36.9 Å². The van der Waals surface area contributed by atoms with Crippen LogP contribution in [-0.4, -0.2) is 73.8 Å². The molecule has 9 nitrogen and oxygen atoms in total. The Morgan fingerprint density at radius 1 is 1.18 bits per heavy atom. The normalized spacial score (nSPS) is 17.0. The quantitative estimate of drug-likeness (QED) is 0.217. The highest BCUT2D eigenvalue weighted by molar-refractivity contribution is 5.96. The van der Waals surface area contributed by atoms with E-state index in [1.807, 2.05) is 5.43 Å². The smallest absolute Gasteiger partial charge is 0.275 e. The summed E-state index contributed by atoms with van der Waals surface area (Å²) < 4.78 is 0. The Kier molecular flexibility index (Phi) is 6.89. The molecule has 0 aromatic heterocycles. The van der Waals surface area contributed by atoms with Crippen LogP contribution in [0.2, 0.25) is 0 Å². The molecule has 0 saturated carbocycles. The van der Waals surface area contributed by atoms with Crippen LogP contribution in [0.1, 0.15) is 10.4 Å². The molecule has 7 N–H and O–H groups in total. The molecule has 0 heterocycles. The SMILES string of the molecule is O=C(NN=C[C@H](O)[C@@H](O)[C@@H](O)[C@H](O)CO)c1ccccc1O. The Bertz CT molecular complexity index is 523. The molecule has 1 amide bonds. The lowest BCUT2D eigenvalue weighted by atomic mass is 10.0. The number of hydrogen-bond donors (Lipinski definition) is 7. The van der Waals surface area contributed by atoms with Gasteiger partial charge in [-0.1, -0.05) is 12.1 Å². The number of amides is 1. The summed E-state index contributed by atoms with van der Waals surface area (Å²) in [6.45, 7) is -0.799. The molecule has 9 heteroatoms. The van der Waals surface area contributed by atoms with E-state index in [0.29, 0.717) is 0 Å². The van der Waals surface area contributed by atoms with Gasteiger partial charge in [0.1, 0.15) is 30.2 Å². The van der Waals surface area contributed by atoms with Gasteiger partial charge in [0.05, 0.1) is 18.4 Å². The highest BCUT2D eigenvalue weighted by Crippen LogP contribution is 2.14. The fourth-order valence-corrected chi connectivity index (χ4v) is 1.52. The van der Waals surface area contributed by atoms with Crippen LogP contribution in [0.4, 0.5) is 0 Å². The van der Waals surface area contributed by atoms with Crippen LogP contribution in [0.25, 0.3) is 0 Å². The zero-order valence-electron chi connectivity index (χ0n) is 11.4. The van der Waals surface area contributed by atoms with Gasteiger partial charge < -0.3 is 30.6 Å². The first-order chi connectivity index (χ1) is 10.4. The molecule has 122 valence electrons. The molecule has 0 bridgehead atoms. The Morgan fingerprint density at radius 2 is 1.82 bits per heavy atom. The first kappa shape index (κ1) is 18.0. The molecule has 1 aromatic rings. The monoisotopic (exact) mass is 314 g/mol. The second kappa shape index (κ2) is 8.41. The molecule has 22 heavy (non-hydrogen) atoms. The fourth-order valence-electron chi connectivity index (χ4n) is 1.52. The second-order valence-electron chi connectivity index (χ2n) is 4.46. The van der Waals surface area contributed by atoms with Gasteiger partial charge in [-0.15, -0.1) is 0 Å². The maximum Gasteiger partial charge on any atom is 0.275 e. The minimum absolute atomic E-state index is 0.0366. The number of aliphatic hydroxyl groups excluding tert-OH is 5. The van der Waals surface area contributed by atoms with Gasteiger partial charge in [-0.25, -0.2) is 5.43 Å². The number of phenols is 1. The molecule has 0 aliphatic carbocycles. The Balaban J connectivity index is 2.58. The van der Waals surface area contributed by atoms with Crippen molar-refractivity contribution in [3.63, 3.8) is 0 Å². The lowest BCUT2D eigenvalue weighted by Gasteiger charge is -2.23. The van der Waals surface area contributed by atoms with Gasteiger partial charge in [-0.05, 0) is 12.1 Å². The van der Waals surface area contributed by atoms with Crippen LogP contribution in [0, 0.1) is 0 Å². The number of hydrazone groups is 1. The number of rotatable bonds is 7. The number of phenolic OH excluding ortho intramolecular Hbond substituents is 1. The topological polar surface area (TPSA) is 163 Å². The Hall–Kier alpha value is -2.04. The second-order valence-corrected chi connectivity index (χ2v) is 4.46. The third-order valence-corrected chi connectivity index (χ3v) is 2.82. The predicted octanol–water partition coefficient (Wildman–Crippen LogP) is -2.46. The number of hydrogen-bond acceptors (Lipinski definition) is 8. The number of aromatic hydroxyl groups is 1. The van der Waals surface area contributed by atoms with Crippen molar-refractivity contribution in [3.05, 3.63) is 29.8 Å². The number of carbonyl (C=O) groups is 1. The Labute approximate surface area is 125 Å². The average Bonchev–Trinajstić information content (AvgIpc) is 2.52. The van der Waals surface area contributed by atoms with Crippen LogP contribution in [0.5, 0.6) is 5.75 Å².